The highest BCUT2D eigenvalue weighted by atomic mass is 16.2. The van der Waals surface area contributed by atoms with Crippen molar-refractivity contribution in [1.29, 1.82) is 0 Å². The van der Waals surface area contributed by atoms with E-state index >= 15 is 0 Å². The van der Waals surface area contributed by atoms with Crippen LogP contribution in [0.5, 0.6) is 0 Å². The Morgan fingerprint density at radius 2 is 2.05 bits per heavy atom. The minimum atomic E-state index is -0.290. The first kappa shape index (κ1) is 13.9. The van der Waals surface area contributed by atoms with Crippen LogP contribution in [0.2, 0.25) is 0 Å². The molecule has 1 unspecified atom stereocenters. The van der Waals surface area contributed by atoms with Gasteiger partial charge in [-0.15, -0.1) is 0 Å². The van der Waals surface area contributed by atoms with Crippen molar-refractivity contribution in [3.63, 3.8) is 0 Å². The van der Waals surface area contributed by atoms with Crippen LogP contribution in [0.15, 0.2) is 24.4 Å². The molecule has 1 aliphatic heterocycles. The van der Waals surface area contributed by atoms with Crippen molar-refractivity contribution < 1.29 is 9.59 Å². The molecule has 0 aliphatic carbocycles. The van der Waals surface area contributed by atoms with Gasteiger partial charge in [-0.05, 0) is 36.5 Å². The molecular formula is C17H20N2O2. The molecular weight excluding hydrogens is 264 g/mol. The summed E-state index contributed by atoms with van der Waals surface area (Å²) in [7, 11) is 0. The van der Waals surface area contributed by atoms with Crippen molar-refractivity contribution in [2.24, 2.45) is 0 Å². The first-order chi connectivity index (χ1) is 9.99. The molecule has 0 bridgehead atoms. The number of benzene rings is 1. The van der Waals surface area contributed by atoms with Crippen LogP contribution in [0, 0.1) is 6.92 Å². The van der Waals surface area contributed by atoms with Gasteiger partial charge in [-0.25, -0.2) is 0 Å². The summed E-state index contributed by atoms with van der Waals surface area (Å²) in [5.41, 5.74) is 3.56. The van der Waals surface area contributed by atoms with E-state index in [9.17, 15) is 9.59 Å². The van der Waals surface area contributed by atoms with E-state index in [-0.39, 0.29) is 17.9 Å². The van der Waals surface area contributed by atoms with E-state index in [0.29, 0.717) is 18.8 Å². The molecule has 1 fully saturated rings. The summed E-state index contributed by atoms with van der Waals surface area (Å²) < 4.78 is 2.03. The number of hydrogen-bond donors (Lipinski definition) is 1. The highest BCUT2D eigenvalue weighted by molar-refractivity contribution is 6.00. The number of carbonyl (C=O) groups excluding carboxylic acids is 2. The van der Waals surface area contributed by atoms with Gasteiger partial charge in [-0.1, -0.05) is 26.0 Å². The summed E-state index contributed by atoms with van der Waals surface area (Å²) in [5.74, 6) is 0.0652. The highest BCUT2D eigenvalue weighted by Crippen LogP contribution is 2.33. The van der Waals surface area contributed by atoms with Gasteiger partial charge in [0.05, 0.1) is 0 Å². The molecule has 4 heteroatoms. The van der Waals surface area contributed by atoms with Gasteiger partial charge in [-0.2, -0.15) is 0 Å². The Bertz CT molecular complexity index is 728. The van der Waals surface area contributed by atoms with E-state index in [1.807, 2.05) is 16.8 Å². The van der Waals surface area contributed by atoms with Crippen LogP contribution in [0.25, 0.3) is 10.9 Å². The number of aromatic nitrogens is 1. The van der Waals surface area contributed by atoms with Gasteiger partial charge >= 0.3 is 0 Å². The molecule has 1 aromatic heterocycles. The van der Waals surface area contributed by atoms with Gasteiger partial charge in [0.25, 0.3) is 0 Å². The fourth-order valence-electron chi connectivity index (χ4n) is 3.23. The zero-order valence-electron chi connectivity index (χ0n) is 12.6. The topological polar surface area (TPSA) is 51.1 Å². The van der Waals surface area contributed by atoms with Crippen molar-refractivity contribution in [2.45, 2.75) is 45.6 Å². The largest absolute Gasteiger partial charge is 0.335 e. The van der Waals surface area contributed by atoms with Crippen molar-refractivity contribution in [3.8, 4) is 0 Å². The number of fused-ring (bicyclic) bond motifs is 1. The lowest BCUT2D eigenvalue weighted by Gasteiger charge is -2.23. The Balaban J connectivity index is 2.14. The molecule has 3 rings (SSSR count). The van der Waals surface area contributed by atoms with Gasteiger partial charge in [0.15, 0.2) is 0 Å². The number of carbonyl (C=O) groups is 2. The molecule has 1 atom stereocenters. The fraction of sp³-hybridized carbons (Fsp3) is 0.412. The van der Waals surface area contributed by atoms with Gasteiger partial charge in [0.2, 0.25) is 11.8 Å². The number of hydrogen-bond acceptors (Lipinski definition) is 2. The first-order valence-electron chi connectivity index (χ1n) is 7.42. The van der Waals surface area contributed by atoms with Crippen molar-refractivity contribution in [3.05, 3.63) is 35.5 Å². The minimum Gasteiger partial charge on any atom is -0.335 e. The van der Waals surface area contributed by atoms with Gasteiger partial charge in [0.1, 0.15) is 6.04 Å². The van der Waals surface area contributed by atoms with Crippen LogP contribution in [-0.4, -0.2) is 16.4 Å². The van der Waals surface area contributed by atoms with E-state index < -0.39 is 0 Å². The molecule has 0 spiro atoms. The van der Waals surface area contributed by atoms with Crippen LogP contribution in [0.3, 0.4) is 0 Å². The third-order valence-electron chi connectivity index (χ3n) is 4.25. The Morgan fingerprint density at radius 3 is 2.71 bits per heavy atom. The quantitative estimate of drug-likeness (QED) is 0.862. The zero-order chi connectivity index (χ0) is 15.1. The Morgan fingerprint density at radius 1 is 1.29 bits per heavy atom. The molecule has 0 saturated carbocycles. The third kappa shape index (κ3) is 2.24. The summed E-state index contributed by atoms with van der Waals surface area (Å²) in [6.45, 7) is 6.44. The second-order valence-corrected chi connectivity index (χ2v) is 6.08. The van der Waals surface area contributed by atoms with Crippen LogP contribution in [0.1, 0.15) is 49.8 Å². The summed E-state index contributed by atoms with van der Waals surface area (Å²) in [5, 5.41) is 3.67. The molecule has 0 radical (unpaired) electrons. The lowest BCUT2D eigenvalue weighted by atomic mass is 9.97. The van der Waals surface area contributed by atoms with Crippen molar-refractivity contribution >= 4 is 22.7 Å². The summed E-state index contributed by atoms with van der Waals surface area (Å²) in [6, 6.07) is 5.95. The monoisotopic (exact) mass is 284 g/mol. The average Bonchev–Trinajstić information content (AvgIpc) is 2.76. The van der Waals surface area contributed by atoms with Gasteiger partial charge < -0.3 is 4.57 Å². The van der Waals surface area contributed by atoms with Gasteiger partial charge in [0, 0.05) is 23.5 Å². The number of rotatable bonds is 2. The van der Waals surface area contributed by atoms with Crippen LogP contribution >= 0.6 is 0 Å². The predicted octanol–water partition coefficient (Wildman–Crippen LogP) is 3.05. The van der Waals surface area contributed by atoms with E-state index in [2.05, 4.69) is 38.2 Å². The Hall–Kier alpha value is -2.10. The van der Waals surface area contributed by atoms with Crippen molar-refractivity contribution in [1.82, 2.24) is 9.88 Å². The average molecular weight is 284 g/mol. The SMILES string of the molecule is Cc1cn(C2CCC(=O)NC2=O)c2cccc(C(C)C)c12. The number of nitrogens with zero attached hydrogens (tertiary/aromatic N) is 1. The van der Waals surface area contributed by atoms with E-state index in [0.717, 1.165) is 5.52 Å². The van der Waals surface area contributed by atoms with Crippen molar-refractivity contribution in [2.75, 3.05) is 0 Å². The first-order valence-corrected chi connectivity index (χ1v) is 7.42. The molecule has 4 nitrogen and oxygen atoms in total. The van der Waals surface area contributed by atoms with Gasteiger partial charge in [-0.3, -0.25) is 14.9 Å². The molecule has 2 heterocycles. The molecule has 1 saturated heterocycles. The standard InChI is InChI=1S/C17H20N2O2/c1-10(2)12-5-4-6-13-16(12)11(3)9-19(13)14-7-8-15(20)18-17(14)21/h4-6,9-10,14H,7-8H2,1-3H3,(H,18,20,21). The maximum atomic E-state index is 12.1. The number of piperidine rings is 1. The fourth-order valence-corrected chi connectivity index (χ4v) is 3.23. The number of imide groups is 1. The van der Waals surface area contributed by atoms with Crippen LogP contribution in [0.4, 0.5) is 0 Å². The highest BCUT2D eigenvalue weighted by Gasteiger charge is 2.29. The van der Waals surface area contributed by atoms with E-state index in [1.54, 1.807) is 0 Å². The van der Waals surface area contributed by atoms with E-state index in [1.165, 1.54) is 16.5 Å². The summed E-state index contributed by atoms with van der Waals surface area (Å²) >= 11 is 0. The maximum Gasteiger partial charge on any atom is 0.249 e. The van der Waals surface area contributed by atoms with Crippen LogP contribution in [-0.2, 0) is 9.59 Å². The second-order valence-electron chi connectivity index (χ2n) is 6.08. The third-order valence-corrected chi connectivity index (χ3v) is 4.25. The Kier molecular flexibility index (Phi) is 3.32. The lowest BCUT2D eigenvalue weighted by Crippen LogP contribution is -2.41. The minimum absolute atomic E-state index is 0.174. The number of amides is 2. The summed E-state index contributed by atoms with van der Waals surface area (Å²) in [6.07, 6.45) is 3.01. The van der Waals surface area contributed by atoms with E-state index in [4.69, 9.17) is 0 Å². The number of aryl methyl sites for hydroxylation is 1. The summed E-state index contributed by atoms with van der Waals surface area (Å²) in [4.78, 5) is 23.4. The molecule has 2 aromatic rings. The molecule has 21 heavy (non-hydrogen) atoms. The molecule has 110 valence electrons. The molecule has 1 N–H and O–H groups in total. The smallest absolute Gasteiger partial charge is 0.249 e. The molecule has 1 aromatic carbocycles. The lowest BCUT2D eigenvalue weighted by molar-refractivity contribution is -0.135. The molecule has 1 aliphatic rings. The molecule has 2 amide bonds. The maximum absolute atomic E-state index is 12.1. The predicted molar refractivity (Wildman–Crippen MR) is 82.2 cm³/mol. The van der Waals surface area contributed by atoms with Crippen LogP contribution < -0.4 is 5.32 Å². The zero-order valence-corrected chi connectivity index (χ0v) is 12.6. The normalized spacial score (nSPS) is 19.3. The number of nitrogens with one attached hydrogen (secondary N) is 1. The Labute approximate surface area is 124 Å². The second kappa shape index (κ2) is 5.02.